The van der Waals surface area contributed by atoms with E-state index in [4.69, 9.17) is 0 Å². The maximum atomic E-state index is 14.1. The third-order valence-electron chi connectivity index (χ3n) is 7.38. The molecular weight excluding hydrogens is 473 g/mol. The first-order valence-corrected chi connectivity index (χ1v) is 13.5. The number of carbonyl (C=O) groups excluding carboxylic acids is 2. The summed E-state index contributed by atoms with van der Waals surface area (Å²) in [5.41, 5.74) is 3.96. The zero-order valence-electron chi connectivity index (χ0n) is 20.8. The summed E-state index contributed by atoms with van der Waals surface area (Å²) < 4.78 is 14.1. The Morgan fingerprint density at radius 2 is 1.86 bits per heavy atom. The van der Waals surface area contributed by atoms with Crippen molar-refractivity contribution in [3.05, 3.63) is 92.9 Å². The Hall–Kier alpha value is -3.03. The lowest BCUT2D eigenvalue weighted by Gasteiger charge is -2.41. The third-order valence-corrected chi connectivity index (χ3v) is 8.38. The first-order valence-electron chi connectivity index (χ1n) is 12.6. The van der Waals surface area contributed by atoms with E-state index in [1.807, 2.05) is 54.0 Å². The average Bonchev–Trinajstić information content (AvgIpc) is 3.36. The number of carbonyl (C=O) groups is 2. The summed E-state index contributed by atoms with van der Waals surface area (Å²) in [4.78, 5) is 33.6. The van der Waals surface area contributed by atoms with Gasteiger partial charge in [-0.3, -0.25) is 14.5 Å². The number of hydrogen-bond acceptors (Lipinski definition) is 4. The number of aryl methyl sites for hydroxylation is 1. The molecule has 1 fully saturated rings. The zero-order chi connectivity index (χ0) is 25.2. The molecule has 0 bridgehead atoms. The van der Waals surface area contributed by atoms with Gasteiger partial charge in [0.15, 0.2) is 0 Å². The van der Waals surface area contributed by atoms with Crippen LogP contribution in [0, 0.1) is 12.7 Å². The monoisotopic (exact) mass is 505 g/mol. The molecule has 1 saturated heterocycles. The van der Waals surface area contributed by atoms with Crippen LogP contribution in [-0.2, 0) is 11.2 Å². The van der Waals surface area contributed by atoms with E-state index in [1.165, 1.54) is 16.5 Å². The second-order valence-corrected chi connectivity index (χ2v) is 10.8. The lowest BCUT2D eigenvalue weighted by atomic mass is 9.93. The molecule has 7 heteroatoms. The van der Waals surface area contributed by atoms with Crippen molar-refractivity contribution in [3.8, 4) is 0 Å². The lowest BCUT2D eigenvalue weighted by Crippen LogP contribution is -2.55. The van der Waals surface area contributed by atoms with Crippen LogP contribution < -0.4 is 0 Å². The van der Waals surface area contributed by atoms with Crippen molar-refractivity contribution < 1.29 is 14.0 Å². The Morgan fingerprint density at radius 1 is 1.06 bits per heavy atom. The van der Waals surface area contributed by atoms with Gasteiger partial charge in [-0.1, -0.05) is 29.8 Å². The molecule has 2 atom stereocenters. The van der Waals surface area contributed by atoms with Crippen molar-refractivity contribution in [1.29, 1.82) is 0 Å². The van der Waals surface area contributed by atoms with E-state index in [2.05, 4.69) is 16.3 Å². The van der Waals surface area contributed by atoms with Gasteiger partial charge >= 0.3 is 0 Å². The summed E-state index contributed by atoms with van der Waals surface area (Å²) in [7, 11) is 0. The normalized spacial score (nSPS) is 20.3. The second-order valence-electron chi connectivity index (χ2n) is 9.85. The summed E-state index contributed by atoms with van der Waals surface area (Å²) in [5.74, 6) is -0.108. The van der Waals surface area contributed by atoms with Gasteiger partial charge in [0.05, 0.1) is 6.04 Å². The van der Waals surface area contributed by atoms with Gasteiger partial charge in [-0.2, -0.15) is 0 Å². The highest BCUT2D eigenvalue weighted by atomic mass is 32.1. The van der Waals surface area contributed by atoms with Crippen LogP contribution in [0.4, 0.5) is 4.39 Å². The Morgan fingerprint density at radius 3 is 2.61 bits per heavy atom. The van der Waals surface area contributed by atoms with E-state index in [0.29, 0.717) is 38.2 Å². The van der Waals surface area contributed by atoms with E-state index in [9.17, 15) is 14.0 Å². The minimum atomic E-state index is -0.238. The first kappa shape index (κ1) is 24.7. The smallest absolute Gasteiger partial charge is 0.254 e. The van der Waals surface area contributed by atoms with Crippen LogP contribution in [0.1, 0.15) is 51.3 Å². The maximum Gasteiger partial charge on any atom is 0.254 e. The molecule has 36 heavy (non-hydrogen) atoms. The summed E-state index contributed by atoms with van der Waals surface area (Å²) in [5, 5.41) is 2.10. The van der Waals surface area contributed by atoms with E-state index >= 15 is 0 Å². The highest BCUT2D eigenvalue weighted by Crippen LogP contribution is 2.38. The number of rotatable bonds is 5. The Balaban J connectivity index is 1.22. The first-order chi connectivity index (χ1) is 17.4. The maximum absolute atomic E-state index is 14.1. The minimum absolute atomic E-state index is 0.0208. The van der Waals surface area contributed by atoms with Gasteiger partial charge in [-0.25, -0.2) is 4.39 Å². The molecule has 5 rings (SSSR count). The fourth-order valence-corrected chi connectivity index (χ4v) is 6.33. The van der Waals surface area contributed by atoms with Crippen LogP contribution >= 0.6 is 11.3 Å². The van der Waals surface area contributed by atoms with Crippen LogP contribution in [0.3, 0.4) is 0 Å². The predicted octanol–water partition coefficient (Wildman–Crippen LogP) is 4.91. The molecule has 2 aliphatic heterocycles. The molecule has 0 unspecified atom stereocenters. The Kier molecular flexibility index (Phi) is 7.21. The minimum Gasteiger partial charge on any atom is -0.339 e. The molecule has 2 amide bonds. The van der Waals surface area contributed by atoms with Crippen LogP contribution in [0.25, 0.3) is 0 Å². The number of hydrogen-bond donors (Lipinski definition) is 0. The highest BCUT2D eigenvalue weighted by Gasteiger charge is 2.33. The highest BCUT2D eigenvalue weighted by molar-refractivity contribution is 7.10. The Labute approximate surface area is 216 Å². The van der Waals surface area contributed by atoms with E-state index < -0.39 is 0 Å². The fraction of sp³-hybridized carbons (Fsp3) is 0.379. The molecule has 0 spiro atoms. The van der Waals surface area contributed by atoms with Gasteiger partial charge in [0.25, 0.3) is 5.91 Å². The number of halogens is 1. The molecule has 1 aromatic heterocycles. The number of nitrogens with zero attached hydrogens (tertiary/aromatic N) is 3. The summed E-state index contributed by atoms with van der Waals surface area (Å²) in [6.07, 6.45) is 1.35. The molecule has 2 aliphatic rings. The molecule has 3 heterocycles. The molecule has 0 saturated carbocycles. The van der Waals surface area contributed by atoms with Crippen molar-refractivity contribution in [2.75, 3.05) is 32.7 Å². The topological polar surface area (TPSA) is 43.9 Å². The standard InChI is InChI=1S/C29H32FN3O2S/c1-20-6-8-22(9-7-20)29(35)33-16-15-32(19-21(33)2)27(34)11-14-31-13-10-26-25(12-17-36-26)28(31)23-4-3-5-24(30)18-23/h3-9,12,17-18,21,28H,10-11,13-16,19H2,1-2H3/t21-,28+/m1/s1. The number of thiophene rings is 1. The fourth-order valence-electron chi connectivity index (χ4n) is 5.42. The van der Waals surface area contributed by atoms with E-state index in [0.717, 1.165) is 24.1 Å². The largest absolute Gasteiger partial charge is 0.339 e. The quantitative estimate of drug-likeness (QED) is 0.495. The summed E-state index contributed by atoms with van der Waals surface area (Å²) in [6, 6.07) is 16.5. The Bertz CT molecular complexity index is 1240. The SMILES string of the molecule is Cc1ccc(C(=O)N2CCN(C(=O)CCN3CCc4sccc4[C@@H]3c3cccc(F)c3)C[C@H]2C)cc1. The lowest BCUT2D eigenvalue weighted by molar-refractivity contribution is -0.134. The molecule has 188 valence electrons. The molecule has 0 N–H and O–H groups in total. The van der Waals surface area contributed by atoms with Gasteiger partial charge in [0.2, 0.25) is 5.91 Å². The van der Waals surface area contributed by atoms with Crippen LogP contribution in [0.2, 0.25) is 0 Å². The molecule has 0 radical (unpaired) electrons. The van der Waals surface area contributed by atoms with Crippen molar-refractivity contribution in [1.82, 2.24) is 14.7 Å². The van der Waals surface area contributed by atoms with Gasteiger partial charge in [-0.05, 0) is 67.1 Å². The van der Waals surface area contributed by atoms with Gasteiger partial charge in [0.1, 0.15) is 5.82 Å². The number of benzene rings is 2. The molecule has 3 aromatic rings. The van der Waals surface area contributed by atoms with Gasteiger partial charge in [-0.15, -0.1) is 11.3 Å². The second kappa shape index (κ2) is 10.5. The van der Waals surface area contributed by atoms with Gasteiger partial charge < -0.3 is 9.80 Å². The molecule has 2 aromatic carbocycles. The molecular formula is C29H32FN3O2S. The van der Waals surface area contributed by atoms with Crippen LogP contribution in [0.5, 0.6) is 0 Å². The van der Waals surface area contributed by atoms with Crippen molar-refractivity contribution in [2.45, 2.75) is 38.8 Å². The third kappa shape index (κ3) is 5.08. The van der Waals surface area contributed by atoms with E-state index in [-0.39, 0.29) is 29.7 Å². The average molecular weight is 506 g/mol. The van der Waals surface area contributed by atoms with Crippen LogP contribution in [0.15, 0.2) is 60.0 Å². The number of amides is 2. The van der Waals surface area contributed by atoms with E-state index in [1.54, 1.807) is 23.5 Å². The summed E-state index contributed by atoms with van der Waals surface area (Å²) in [6.45, 7) is 7.09. The molecule has 5 nitrogen and oxygen atoms in total. The van der Waals surface area contributed by atoms with Crippen molar-refractivity contribution >= 4 is 23.2 Å². The number of piperazine rings is 1. The number of fused-ring (bicyclic) bond motifs is 1. The van der Waals surface area contributed by atoms with Crippen molar-refractivity contribution in [3.63, 3.8) is 0 Å². The van der Waals surface area contributed by atoms with Crippen molar-refractivity contribution in [2.24, 2.45) is 0 Å². The molecule has 0 aliphatic carbocycles. The zero-order valence-corrected chi connectivity index (χ0v) is 21.6. The summed E-state index contributed by atoms with van der Waals surface area (Å²) >= 11 is 1.75. The predicted molar refractivity (Wildman–Crippen MR) is 141 cm³/mol. The van der Waals surface area contributed by atoms with Gasteiger partial charge in [0, 0.05) is 55.6 Å². The van der Waals surface area contributed by atoms with Crippen LogP contribution in [-0.4, -0.2) is 65.3 Å².